The van der Waals surface area contributed by atoms with E-state index in [-0.39, 0.29) is 38.9 Å². The van der Waals surface area contributed by atoms with Crippen LogP contribution in [0.5, 0.6) is 0 Å². The van der Waals surface area contributed by atoms with E-state index < -0.39 is 53.3 Å². The summed E-state index contributed by atoms with van der Waals surface area (Å²) in [7, 11) is 1.18. The molecular weight excluding hydrogens is 462 g/mol. The van der Waals surface area contributed by atoms with Gasteiger partial charge in [0.05, 0.1) is 33.5 Å². The molecule has 1 aliphatic heterocycles. The van der Waals surface area contributed by atoms with Gasteiger partial charge in [0.2, 0.25) is 23.6 Å². The summed E-state index contributed by atoms with van der Waals surface area (Å²) in [5, 5.41) is 10.1. The SMILES string of the molecule is COC(=O)CNC(=O)[C@@H]1COC/C=C/COC[C@H](N)C(=O)NC(C)(C)C(=O)N[C@@H](C(C)C)C(=O)N1. The number of methoxy groups -OCH3 is 1. The van der Waals surface area contributed by atoms with Crippen LogP contribution >= 0.6 is 0 Å². The molecule has 4 amide bonds. The standard InChI is InChI=1S/C22H37N5O8/c1-13(2)17-20(31)25-15(19(30)24-10-16(28)33-5)12-35-9-7-6-8-34-11-14(23)18(29)27-22(3,4)21(32)26-17/h6-7,13-15,17H,8-12,23H2,1-5H3,(H,24,30)(H,25,31)(H,26,32)(H,27,29)/b7-6+/t14-,15-,17-/m0/s1. The number of hydrogen-bond donors (Lipinski definition) is 5. The van der Waals surface area contributed by atoms with Crippen LogP contribution in [0, 0.1) is 5.92 Å². The second kappa shape index (κ2) is 14.4. The Kier molecular flexibility index (Phi) is 12.3. The van der Waals surface area contributed by atoms with Gasteiger partial charge in [-0.3, -0.25) is 24.0 Å². The van der Waals surface area contributed by atoms with Gasteiger partial charge in [-0.15, -0.1) is 0 Å². The summed E-state index contributed by atoms with van der Waals surface area (Å²) in [5.74, 6) is -3.55. The average molecular weight is 500 g/mol. The van der Waals surface area contributed by atoms with Crippen LogP contribution in [0.4, 0.5) is 0 Å². The number of carbonyl (C=O) groups is 5. The van der Waals surface area contributed by atoms with Gasteiger partial charge in [0, 0.05) is 0 Å². The molecule has 198 valence electrons. The molecule has 0 saturated carbocycles. The number of esters is 1. The van der Waals surface area contributed by atoms with Gasteiger partial charge in [-0.05, 0) is 19.8 Å². The molecule has 35 heavy (non-hydrogen) atoms. The van der Waals surface area contributed by atoms with E-state index in [0.29, 0.717) is 0 Å². The van der Waals surface area contributed by atoms with Gasteiger partial charge >= 0.3 is 5.97 Å². The van der Waals surface area contributed by atoms with Crippen LogP contribution in [0.2, 0.25) is 0 Å². The average Bonchev–Trinajstić information content (AvgIpc) is 2.79. The molecule has 1 rings (SSSR count). The summed E-state index contributed by atoms with van der Waals surface area (Å²) >= 11 is 0. The molecule has 1 heterocycles. The number of ether oxygens (including phenoxy) is 3. The predicted molar refractivity (Wildman–Crippen MR) is 125 cm³/mol. The van der Waals surface area contributed by atoms with E-state index in [1.54, 1.807) is 26.0 Å². The lowest BCUT2D eigenvalue weighted by Crippen LogP contribution is -2.63. The van der Waals surface area contributed by atoms with Gasteiger partial charge in [0.1, 0.15) is 30.2 Å². The normalized spacial score (nSPS) is 25.8. The van der Waals surface area contributed by atoms with E-state index in [2.05, 4.69) is 26.0 Å². The highest BCUT2D eigenvalue weighted by Crippen LogP contribution is 2.09. The highest BCUT2D eigenvalue weighted by molar-refractivity contribution is 5.96. The van der Waals surface area contributed by atoms with Crippen molar-refractivity contribution >= 4 is 29.6 Å². The van der Waals surface area contributed by atoms with Crippen molar-refractivity contribution in [3.63, 3.8) is 0 Å². The van der Waals surface area contributed by atoms with E-state index in [0.717, 1.165) is 0 Å². The maximum atomic E-state index is 13.0. The number of hydrogen-bond acceptors (Lipinski definition) is 9. The number of rotatable bonds is 4. The highest BCUT2D eigenvalue weighted by atomic mass is 16.5. The summed E-state index contributed by atoms with van der Waals surface area (Å²) in [5.41, 5.74) is 4.45. The fourth-order valence-corrected chi connectivity index (χ4v) is 2.84. The summed E-state index contributed by atoms with van der Waals surface area (Å²) < 4.78 is 15.3. The minimum atomic E-state index is -1.39. The molecule has 13 nitrogen and oxygen atoms in total. The Balaban J connectivity index is 3.12. The zero-order valence-electron chi connectivity index (χ0n) is 20.8. The van der Waals surface area contributed by atoms with Crippen LogP contribution in [0.1, 0.15) is 27.7 Å². The summed E-state index contributed by atoms with van der Waals surface area (Å²) in [6.45, 7) is 5.96. The molecule has 0 aliphatic carbocycles. The lowest BCUT2D eigenvalue weighted by Gasteiger charge is -2.31. The molecule has 0 spiro atoms. The first kappa shape index (κ1) is 30.0. The minimum absolute atomic E-state index is 0.0752. The van der Waals surface area contributed by atoms with Crippen molar-refractivity contribution in [2.75, 3.05) is 40.1 Å². The third kappa shape index (κ3) is 10.4. The van der Waals surface area contributed by atoms with Crippen molar-refractivity contribution in [3.05, 3.63) is 12.2 Å². The van der Waals surface area contributed by atoms with Gasteiger partial charge in [-0.2, -0.15) is 0 Å². The van der Waals surface area contributed by atoms with Crippen LogP contribution in [-0.4, -0.2) is 93.3 Å². The van der Waals surface area contributed by atoms with E-state index in [9.17, 15) is 24.0 Å². The van der Waals surface area contributed by atoms with Gasteiger partial charge in [-0.25, -0.2) is 0 Å². The van der Waals surface area contributed by atoms with Crippen molar-refractivity contribution in [1.29, 1.82) is 0 Å². The molecule has 6 N–H and O–H groups in total. The Bertz CT molecular complexity index is 799. The molecule has 0 aromatic rings. The zero-order valence-corrected chi connectivity index (χ0v) is 20.8. The lowest BCUT2D eigenvalue weighted by atomic mass is 9.98. The number of amides is 4. The fourth-order valence-electron chi connectivity index (χ4n) is 2.84. The van der Waals surface area contributed by atoms with E-state index in [4.69, 9.17) is 15.2 Å². The predicted octanol–water partition coefficient (Wildman–Crippen LogP) is -2.27. The molecule has 0 aromatic carbocycles. The molecule has 0 bridgehead atoms. The largest absolute Gasteiger partial charge is 0.468 e. The van der Waals surface area contributed by atoms with E-state index >= 15 is 0 Å². The summed E-state index contributed by atoms with van der Waals surface area (Å²) in [4.78, 5) is 62.3. The number of nitrogens with one attached hydrogen (secondary N) is 4. The molecule has 0 aromatic heterocycles. The minimum Gasteiger partial charge on any atom is -0.468 e. The molecule has 0 radical (unpaired) electrons. The second-order valence-corrected chi connectivity index (χ2v) is 8.82. The Labute approximate surface area is 204 Å². The number of nitrogens with two attached hydrogens (primary N) is 1. The van der Waals surface area contributed by atoms with Crippen molar-refractivity contribution in [1.82, 2.24) is 21.3 Å². The Hall–Kier alpha value is -3.03. The maximum absolute atomic E-state index is 13.0. The Morgan fingerprint density at radius 2 is 1.71 bits per heavy atom. The first-order valence-electron chi connectivity index (χ1n) is 11.2. The maximum Gasteiger partial charge on any atom is 0.325 e. The third-order valence-corrected chi connectivity index (χ3v) is 5.02. The van der Waals surface area contributed by atoms with Gasteiger partial charge in [0.15, 0.2) is 0 Å². The van der Waals surface area contributed by atoms with Crippen LogP contribution in [0.25, 0.3) is 0 Å². The molecule has 0 fully saturated rings. The van der Waals surface area contributed by atoms with Crippen molar-refractivity contribution in [2.45, 2.75) is 51.4 Å². The first-order chi connectivity index (χ1) is 16.4. The third-order valence-electron chi connectivity index (χ3n) is 5.02. The molecule has 0 saturated heterocycles. The van der Waals surface area contributed by atoms with Gasteiger partial charge < -0.3 is 41.2 Å². The second-order valence-electron chi connectivity index (χ2n) is 8.82. The monoisotopic (exact) mass is 499 g/mol. The quantitative estimate of drug-likeness (QED) is 0.210. The van der Waals surface area contributed by atoms with Crippen molar-refractivity contribution in [2.24, 2.45) is 11.7 Å². The summed E-state index contributed by atoms with van der Waals surface area (Å²) in [6, 6.07) is -3.19. The van der Waals surface area contributed by atoms with Crippen LogP contribution in [0.3, 0.4) is 0 Å². The molecule has 0 unspecified atom stereocenters. The fraction of sp³-hybridized carbons (Fsp3) is 0.682. The topological polar surface area (TPSA) is 187 Å². The van der Waals surface area contributed by atoms with Crippen LogP contribution < -0.4 is 27.0 Å². The highest BCUT2D eigenvalue weighted by Gasteiger charge is 2.36. The Morgan fingerprint density at radius 1 is 1.11 bits per heavy atom. The molecule has 13 heteroatoms. The number of carbonyl (C=O) groups excluding carboxylic acids is 5. The smallest absolute Gasteiger partial charge is 0.325 e. The zero-order chi connectivity index (χ0) is 26.6. The van der Waals surface area contributed by atoms with Gasteiger partial charge in [0.25, 0.3) is 0 Å². The molecular formula is C22H37N5O8. The van der Waals surface area contributed by atoms with Crippen LogP contribution in [0.15, 0.2) is 12.2 Å². The van der Waals surface area contributed by atoms with E-state index in [1.807, 2.05) is 0 Å². The Morgan fingerprint density at radius 3 is 2.29 bits per heavy atom. The van der Waals surface area contributed by atoms with Crippen molar-refractivity contribution < 1.29 is 38.2 Å². The molecule has 3 atom stereocenters. The van der Waals surface area contributed by atoms with Gasteiger partial charge in [-0.1, -0.05) is 26.0 Å². The lowest BCUT2D eigenvalue weighted by molar-refractivity contribution is -0.142. The summed E-state index contributed by atoms with van der Waals surface area (Å²) in [6.07, 6.45) is 3.28. The van der Waals surface area contributed by atoms with Crippen molar-refractivity contribution in [3.8, 4) is 0 Å². The molecule has 1 aliphatic rings. The van der Waals surface area contributed by atoms with Crippen LogP contribution in [-0.2, 0) is 38.2 Å². The van der Waals surface area contributed by atoms with E-state index in [1.165, 1.54) is 21.0 Å². The first-order valence-corrected chi connectivity index (χ1v) is 11.2.